The third kappa shape index (κ3) is 5.26. The summed E-state index contributed by atoms with van der Waals surface area (Å²) < 4.78 is 0. The molecule has 1 unspecified atom stereocenters. The van der Waals surface area contributed by atoms with Gasteiger partial charge in [0.2, 0.25) is 5.91 Å². The third-order valence-electron chi connectivity index (χ3n) is 5.72. The number of amides is 1. The van der Waals surface area contributed by atoms with Crippen molar-refractivity contribution in [2.75, 3.05) is 40.3 Å². The summed E-state index contributed by atoms with van der Waals surface area (Å²) in [6.07, 6.45) is 4.18. The Balaban J connectivity index is 0.00000208. The molecular weight excluding hydrogens is 393 g/mol. The van der Waals surface area contributed by atoms with Crippen LogP contribution in [0, 0.1) is 5.92 Å². The second kappa shape index (κ2) is 11.4. The molecule has 150 valence electrons. The Hall–Kier alpha value is -0.520. The summed E-state index contributed by atoms with van der Waals surface area (Å²) in [5.41, 5.74) is 1.43. The fourth-order valence-electron chi connectivity index (χ4n) is 4.16. The van der Waals surface area contributed by atoms with Gasteiger partial charge in [-0.25, -0.2) is 0 Å². The molecule has 2 heterocycles. The molecule has 26 heavy (non-hydrogen) atoms. The van der Waals surface area contributed by atoms with E-state index >= 15 is 0 Å². The first-order valence-electron chi connectivity index (χ1n) is 8.86. The molecule has 1 aromatic carbocycles. The number of rotatable bonds is 3. The lowest BCUT2D eigenvalue weighted by molar-refractivity contribution is -0.138. The quantitative estimate of drug-likeness (QED) is 0.808. The molecule has 0 aliphatic carbocycles. The van der Waals surface area contributed by atoms with Crippen LogP contribution in [-0.4, -0.2) is 56.0 Å². The second-order valence-electron chi connectivity index (χ2n) is 7.16. The lowest BCUT2D eigenvalue weighted by Crippen LogP contribution is -2.53. The van der Waals surface area contributed by atoms with Crippen molar-refractivity contribution >= 4 is 43.1 Å². The number of hydrogen-bond acceptors (Lipinski definition) is 3. The standard InChI is InChI=1S/C19H29N3O.3ClH/c1-21(2)19(17-8-4-3-5-9-17)10-13-22(14-11-19)18(23)16-7-6-12-20-15-16;;;/h3-5,8-9,16,20H,6-7,10-15H2,1-2H3;3*1H. The summed E-state index contributed by atoms with van der Waals surface area (Å²) in [5.74, 6) is 0.546. The minimum atomic E-state index is 0. The van der Waals surface area contributed by atoms with Crippen LogP contribution in [0.4, 0.5) is 0 Å². The molecule has 2 aliphatic rings. The van der Waals surface area contributed by atoms with Gasteiger partial charge >= 0.3 is 0 Å². The lowest BCUT2D eigenvalue weighted by Gasteiger charge is -2.47. The summed E-state index contributed by atoms with van der Waals surface area (Å²) in [6, 6.07) is 10.8. The molecule has 0 bridgehead atoms. The van der Waals surface area contributed by atoms with Crippen LogP contribution in [0.15, 0.2) is 30.3 Å². The van der Waals surface area contributed by atoms with E-state index in [1.807, 2.05) is 0 Å². The maximum absolute atomic E-state index is 12.7. The number of piperidine rings is 2. The van der Waals surface area contributed by atoms with Gasteiger partial charge in [-0.15, -0.1) is 37.2 Å². The number of halogens is 3. The maximum Gasteiger partial charge on any atom is 0.226 e. The monoisotopic (exact) mass is 423 g/mol. The van der Waals surface area contributed by atoms with Gasteiger partial charge in [0.15, 0.2) is 0 Å². The van der Waals surface area contributed by atoms with Crippen LogP contribution in [0.25, 0.3) is 0 Å². The summed E-state index contributed by atoms with van der Waals surface area (Å²) in [6.45, 7) is 3.64. The van der Waals surface area contributed by atoms with Crippen molar-refractivity contribution in [2.45, 2.75) is 31.2 Å². The SMILES string of the molecule is CN(C)C1(c2ccccc2)CCN(C(=O)C2CCCNC2)CC1.Cl.Cl.Cl. The highest BCUT2D eigenvalue weighted by Gasteiger charge is 2.40. The zero-order valence-electron chi connectivity index (χ0n) is 15.6. The molecule has 1 amide bonds. The second-order valence-corrected chi connectivity index (χ2v) is 7.16. The van der Waals surface area contributed by atoms with Gasteiger partial charge in [0.05, 0.1) is 5.92 Å². The highest BCUT2D eigenvalue weighted by atomic mass is 35.5. The van der Waals surface area contributed by atoms with Gasteiger partial charge in [0, 0.05) is 25.2 Å². The number of nitrogens with zero attached hydrogens (tertiary/aromatic N) is 2. The Kier molecular flexibility index (Phi) is 11.1. The minimum absolute atomic E-state index is 0. The number of carbonyl (C=O) groups excluding carboxylic acids is 1. The van der Waals surface area contributed by atoms with Crippen molar-refractivity contribution in [3.05, 3.63) is 35.9 Å². The fraction of sp³-hybridized carbons (Fsp3) is 0.632. The molecule has 0 aromatic heterocycles. The molecule has 1 N–H and O–H groups in total. The summed E-state index contributed by atoms with van der Waals surface area (Å²) in [5, 5.41) is 3.36. The van der Waals surface area contributed by atoms with E-state index in [1.165, 1.54) is 5.56 Å². The fourth-order valence-corrected chi connectivity index (χ4v) is 4.16. The van der Waals surface area contributed by atoms with Crippen LogP contribution < -0.4 is 5.32 Å². The van der Waals surface area contributed by atoms with E-state index in [4.69, 9.17) is 0 Å². The van der Waals surface area contributed by atoms with Crippen LogP contribution >= 0.6 is 37.2 Å². The van der Waals surface area contributed by atoms with Crippen molar-refractivity contribution < 1.29 is 4.79 Å². The number of hydrogen-bond donors (Lipinski definition) is 1. The maximum atomic E-state index is 12.7. The van der Waals surface area contributed by atoms with E-state index in [0.29, 0.717) is 5.91 Å². The first-order valence-corrected chi connectivity index (χ1v) is 8.86. The average molecular weight is 425 g/mol. The zero-order chi connectivity index (χ0) is 16.3. The Morgan fingerprint density at radius 1 is 1.12 bits per heavy atom. The molecule has 0 saturated carbocycles. The van der Waals surface area contributed by atoms with E-state index < -0.39 is 0 Å². The van der Waals surface area contributed by atoms with Gasteiger partial charge in [0.1, 0.15) is 0 Å². The van der Waals surface area contributed by atoms with Crippen LogP contribution in [0.3, 0.4) is 0 Å². The van der Waals surface area contributed by atoms with Crippen molar-refractivity contribution in [3.63, 3.8) is 0 Å². The molecule has 3 rings (SSSR count). The number of carbonyl (C=O) groups is 1. The van der Waals surface area contributed by atoms with Gasteiger partial charge in [-0.1, -0.05) is 30.3 Å². The predicted octanol–water partition coefficient (Wildman–Crippen LogP) is 3.33. The number of benzene rings is 1. The molecule has 0 radical (unpaired) electrons. The van der Waals surface area contributed by atoms with Gasteiger partial charge in [-0.3, -0.25) is 9.69 Å². The first kappa shape index (κ1) is 25.5. The predicted molar refractivity (Wildman–Crippen MR) is 115 cm³/mol. The van der Waals surface area contributed by atoms with Crippen molar-refractivity contribution in [3.8, 4) is 0 Å². The summed E-state index contributed by atoms with van der Waals surface area (Å²) in [4.78, 5) is 17.2. The third-order valence-corrected chi connectivity index (χ3v) is 5.72. The number of likely N-dealkylation sites (tertiary alicyclic amines) is 1. The highest BCUT2D eigenvalue weighted by molar-refractivity contribution is 5.86. The molecule has 2 fully saturated rings. The minimum Gasteiger partial charge on any atom is -0.342 e. The van der Waals surface area contributed by atoms with Crippen molar-refractivity contribution in [2.24, 2.45) is 5.92 Å². The van der Waals surface area contributed by atoms with Crippen LogP contribution in [0.5, 0.6) is 0 Å². The van der Waals surface area contributed by atoms with E-state index in [1.54, 1.807) is 0 Å². The molecule has 2 saturated heterocycles. The summed E-state index contributed by atoms with van der Waals surface area (Å²) in [7, 11) is 4.32. The van der Waals surface area contributed by atoms with Crippen LogP contribution in [0.1, 0.15) is 31.2 Å². The molecular formula is C19H32Cl3N3O. The zero-order valence-corrected chi connectivity index (χ0v) is 18.1. The molecule has 4 nitrogen and oxygen atoms in total. The van der Waals surface area contributed by atoms with Crippen molar-refractivity contribution in [1.82, 2.24) is 15.1 Å². The van der Waals surface area contributed by atoms with Gasteiger partial charge in [-0.2, -0.15) is 0 Å². The molecule has 2 aliphatic heterocycles. The highest BCUT2D eigenvalue weighted by Crippen LogP contribution is 2.37. The van der Waals surface area contributed by atoms with E-state index in [-0.39, 0.29) is 48.7 Å². The van der Waals surface area contributed by atoms with Crippen LogP contribution in [-0.2, 0) is 10.3 Å². The molecule has 1 atom stereocenters. The van der Waals surface area contributed by atoms with Crippen molar-refractivity contribution in [1.29, 1.82) is 0 Å². The summed E-state index contributed by atoms with van der Waals surface area (Å²) >= 11 is 0. The lowest BCUT2D eigenvalue weighted by atomic mass is 9.79. The molecule has 7 heteroatoms. The van der Waals surface area contributed by atoms with Crippen LogP contribution in [0.2, 0.25) is 0 Å². The normalized spacial score (nSPS) is 21.8. The Morgan fingerprint density at radius 2 is 1.73 bits per heavy atom. The topological polar surface area (TPSA) is 35.6 Å². The van der Waals surface area contributed by atoms with Gasteiger partial charge < -0.3 is 10.2 Å². The number of nitrogens with one attached hydrogen (secondary N) is 1. The smallest absolute Gasteiger partial charge is 0.226 e. The Morgan fingerprint density at radius 3 is 2.23 bits per heavy atom. The van der Waals surface area contributed by atoms with Gasteiger partial charge in [-0.05, 0) is 51.9 Å². The average Bonchev–Trinajstić information content (AvgIpc) is 2.62. The van der Waals surface area contributed by atoms with Gasteiger partial charge in [0.25, 0.3) is 0 Å². The molecule has 1 aromatic rings. The van der Waals surface area contributed by atoms with E-state index in [2.05, 4.69) is 59.5 Å². The van der Waals surface area contributed by atoms with E-state index in [9.17, 15) is 4.79 Å². The molecule has 0 spiro atoms. The largest absolute Gasteiger partial charge is 0.342 e. The first-order chi connectivity index (χ1) is 11.1. The Labute approximate surface area is 176 Å². The Bertz CT molecular complexity index is 528. The van der Waals surface area contributed by atoms with E-state index in [0.717, 1.165) is 51.9 Å².